The third kappa shape index (κ3) is 3.23. The summed E-state index contributed by atoms with van der Waals surface area (Å²) in [5.41, 5.74) is 5.52. The second-order valence-electron chi connectivity index (χ2n) is 4.92. The number of nitrogen functional groups attached to an aromatic ring is 1. The summed E-state index contributed by atoms with van der Waals surface area (Å²) < 4.78 is 5.11. The van der Waals surface area contributed by atoms with E-state index in [1.807, 2.05) is 0 Å². The topological polar surface area (TPSA) is 55.3 Å². The molecule has 4 nitrogen and oxygen atoms in total. The number of nitrogens with two attached hydrogens (primary N) is 1. The van der Waals surface area contributed by atoms with E-state index in [1.165, 1.54) is 32.1 Å². The molecule has 16 heavy (non-hydrogen) atoms. The molecule has 0 amide bonds. The molecule has 90 valence electrons. The molecular weight excluding hydrogens is 202 g/mol. The third-order valence-electron chi connectivity index (χ3n) is 3.30. The fourth-order valence-electron chi connectivity index (χ4n) is 2.54. The van der Waals surface area contributed by atoms with Gasteiger partial charge in [0.2, 0.25) is 0 Å². The second kappa shape index (κ2) is 5.34. The lowest BCUT2D eigenvalue weighted by molar-refractivity contribution is 0.209. The molecule has 1 aliphatic carbocycles. The molecule has 0 aliphatic heterocycles. The average Bonchev–Trinajstić information content (AvgIpc) is 2.65. The average molecular weight is 223 g/mol. The number of hydrogen-bond donors (Lipinski definition) is 1. The number of nitrogens with zero attached hydrogens (tertiary/aromatic N) is 2. The van der Waals surface area contributed by atoms with Crippen molar-refractivity contribution in [1.82, 2.24) is 10.1 Å². The van der Waals surface area contributed by atoms with Crippen molar-refractivity contribution >= 4 is 5.82 Å². The standard InChI is InChI=1S/C12H21N3O/c1-15(8-10-5-3-2-4-6-10)9-11-7-12(13)14-16-11/h7,10H,2-6,8-9H2,1H3,(H2,13,14). The van der Waals surface area contributed by atoms with Gasteiger partial charge in [0.05, 0.1) is 6.54 Å². The Morgan fingerprint density at radius 2 is 2.19 bits per heavy atom. The summed E-state index contributed by atoms with van der Waals surface area (Å²) in [5, 5.41) is 3.69. The number of hydrogen-bond acceptors (Lipinski definition) is 4. The van der Waals surface area contributed by atoms with E-state index in [9.17, 15) is 0 Å². The minimum Gasteiger partial charge on any atom is -0.381 e. The predicted octanol–water partition coefficient (Wildman–Crippen LogP) is 2.27. The molecular formula is C12H21N3O. The minimum absolute atomic E-state index is 0.473. The van der Waals surface area contributed by atoms with Crippen LogP contribution in [-0.2, 0) is 6.54 Å². The largest absolute Gasteiger partial charge is 0.381 e. The quantitative estimate of drug-likeness (QED) is 0.850. The van der Waals surface area contributed by atoms with Crippen LogP contribution in [0.3, 0.4) is 0 Å². The highest BCUT2D eigenvalue weighted by Gasteiger charge is 2.16. The van der Waals surface area contributed by atoms with Crippen LogP contribution in [0.4, 0.5) is 5.82 Å². The smallest absolute Gasteiger partial charge is 0.167 e. The number of aromatic nitrogens is 1. The molecule has 1 aromatic rings. The Balaban J connectivity index is 1.77. The number of anilines is 1. The maximum Gasteiger partial charge on any atom is 0.167 e. The molecule has 0 spiro atoms. The first kappa shape index (κ1) is 11.5. The van der Waals surface area contributed by atoms with E-state index in [4.69, 9.17) is 10.3 Å². The molecule has 0 atom stereocenters. The fraction of sp³-hybridized carbons (Fsp3) is 0.750. The van der Waals surface area contributed by atoms with E-state index < -0.39 is 0 Å². The molecule has 0 unspecified atom stereocenters. The van der Waals surface area contributed by atoms with Gasteiger partial charge in [-0.2, -0.15) is 0 Å². The summed E-state index contributed by atoms with van der Waals surface area (Å²) in [6.45, 7) is 1.96. The van der Waals surface area contributed by atoms with Gasteiger partial charge in [-0.3, -0.25) is 4.90 Å². The third-order valence-corrected chi connectivity index (χ3v) is 3.30. The van der Waals surface area contributed by atoms with Crippen LogP contribution in [0.1, 0.15) is 37.9 Å². The van der Waals surface area contributed by atoms with Crippen molar-refractivity contribution < 1.29 is 4.52 Å². The zero-order valence-electron chi connectivity index (χ0n) is 9.98. The molecule has 0 saturated heterocycles. The molecule has 2 N–H and O–H groups in total. The van der Waals surface area contributed by atoms with Gasteiger partial charge >= 0.3 is 0 Å². The van der Waals surface area contributed by atoms with Gasteiger partial charge in [0.15, 0.2) is 11.6 Å². The maximum absolute atomic E-state index is 5.52. The lowest BCUT2D eigenvalue weighted by Gasteiger charge is -2.26. The van der Waals surface area contributed by atoms with Gasteiger partial charge in [-0.1, -0.05) is 24.4 Å². The zero-order valence-corrected chi connectivity index (χ0v) is 9.98. The summed E-state index contributed by atoms with van der Waals surface area (Å²) in [5.74, 6) is 2.19. The molecule has 0 radical (unpaired) electrons. The van der Waals surface area contributed by atoms with E-state index in [1.54, 1.807) is 6.07 Å². The van der Waals surface area contributed by atoms with E-state index in [0.29, 0.717) is 5.82 Å². The Morgan fingerprint density at radius 3 is 2.81 bits per heavy atom. The molecule has 0 aromatic carbocycles. The Hall–Kier alpha value is -1.03. The normalized spacial score (nSPS) is 18.1. The Kier molecular flexibility index (Phi) is 3.83. The van der Waals surface area contributed by atoms with Crippen molar-refractivity contribution in [2.24, 2.45) is 5.92 Å². The summed E-state index contributed by atoms with van der Waals surface area (Å²) in [4.78, 5) is 2.30. The SMILES string of the molecule is CN(Cc1cc(N)no1)CC1CCCCC1. The first-order valence-electron chi connectivity index (χ1n) is 6.13. The van der Waals surface area contributed by atoms with Crippen molar-refractivity contribution in [3.63, 3.8) is 0 Å². The van der Waals surface area contributed by atoms with Crippen LogP contribution < -0.4 is 5.73 Å². The highest BCUT2D eigenvalue weighted by atomic mass is 16.5. The van der Waals surface area contributed by atoms with Crippen molar-refractivity contribution in [3.8, 4) is 0 Å². The molecule has 4 heteroatoms. The molecule has 1 aliphatic rings. The van der Waals surface area contributed by atoms with E-state index in [-0.39, 0.29) is 0 Å². The summed E-state index contributed by atoms with van der Waals surface area (Å²) in [6.07, 6.45) is 6.96. The maximum atomic E-state index is 5.52. The van der Waals surface area contributed by atoms with Gasteiger partial charge < -0.3 is 10.3 Å². The molecule has 0 bridgehead atoms. The van der Waals surface area contributed by atoms with Crippen LogP contribution in [0.25, 0.3) is 0 Å². The van der Waals surface area contributed by atoms with Gasteiger partial charge in [0, 0.05) is 12.6 Å². The molecule has 1 saturated carbocycles. The summed E-state index contributed by atoms with van der Waals surface area (Å²) in [7, 11) is 2.13. The van der Waals surface area contributed by atoms with Gasteiger partial charge in [-0.05, 0) is 25.8 Å². The molecule has 2 rings (SSSR count). The van der Waals surface area contributed by atoms with Crippen molar-refractivity contribution in [1.29, 1.82) is 0 Å². The van der Waals surface area contributed by atoms with E-state index in [2.05, 4.69) is 17.1 Å². The minimum atomic E-state index is 0.473. The van der Waals surface area contributed by atoms with Crippen LogP contribution in [0.2, 0.25) is 0 Å². The van der Waals surface area contributed by atoms with Gasteiger partial charge in [-0.25, -0.2) is 0 Å². The highest BCUT2D eigenvalue weighted by molar-refractivity contribution is 5.26. The highest BCUT2D eigenvalue weighted by Crippen LogP contribution is 2.24. The first-order chi connectivity index (χ1) is 7.74. The van der Waals surface area contributed by atoms with E-state index in [0.717, 1.165) is 24.8 Å². The Labute approximate surface area is 96.8 Å². The number of rotatable bonds is 4. The monoisotopic (exact) mass is 223 g/mol. The van der Waals surface area contributed by atoms with Crippen LogP contribution in [0.5, 0.6) is 0 Å². The molecule has 1 fully saturated rings. The van der Waals surface area contributed by atoms with Crippen molar-refractivity contribution in [2.75, 3.05) is 19.3 Å². The van der Waals surface area contributed by atoms with Crippen LogP contribution in [0, 0.1) is 5.92 Å². The second-order valence-corrected chi connectivity index (χ2v) is 4.92. The lowest BCUT2D eigenvalue weighted by Crippen LogP contribution is -2.26. The van der Waals surface area contributed by atoms with Crippen molar-refractivity contribution in [3.05, 3.63) is 11.8 Å². The summed E-state index contributed by atoms with van der Waals surface area (Å²) >= 11 is 0. The summed E-state index contributed by atoms with van der Waals surface area (Å²) in [6, 6.07) is 1.80. The fourth-order valence-corrected chi connectivity index (χ4v) is 2.54. The molecule has 1 aromatic heterocycles. The Bertz CT molecular complexity index is 318. The molecule has 1 heterocycles. The van der Waals surface area contributed by atoms with Crippen LogP contribution in [0.15, 0.2) is 10.6 Å². The van der Waals surface area contributed by atoms with Gasteiger partial charge in [0.25, 0.3) is 0 Å². The Morgan fingerprint density at radius 1 is 1.44 bits per heavy atom. The van der Waals surface area contributed by atoms with Gasteiger partial charge in [-0.15, -0.1) is 0 Å². The van der Waals surface area contributed by atoms with Gasteiger partial charge in [0.1, 0.15) is 0 Å². The van der Waals surface area contributed by atoms with E-state index >= 15 is 0 Å². The first-order valence-corrected chi connectivity index (χ1v) is 6.13. The van der Waals surface area contributed by atoms with Crippen LogP contribution in [-0.4, -0.2) is 23.6 Å². The lowest BCUT2D eigenvalue weighted by atomic mass is 9.89. The zero-order chi connectivity index (χ0) is 11.4. The van der Waals surface area contributed by atoms with Crippen molar-refractivity contribution in [2.45, 2.75) is 38.6 Å². The van der Waals surface area contributed by atoms with Crippen LogP contribution >= 0.6 is 0 Å². The predicted molar refractivity (Wildman–Crippen MR) is 63.8 cm³/mol.